The van der Waals surface area contributed by atoms with Gasteiger partial charge in [-0.2, -0.15) is 0 Å². The molecule has 0 aromatic heterocycles. The molecule has 1 fully saturated rings. The molecule has 0 spiro atoms. The van der Waals surface area contributed by atoms with Gasteiger partial charge in [-0.05, 0) is 30.7 Å². The van der Waals surface area contributed by atoms with Crippen LogP contribution in [0.5, 0.6) is 11.5 Å². The second kappa shape index (κ2) is 7.95. The van der Waals surface area contributed by atoms with Crippen LogP contribution in [-0.2, 0) is 14.3 Å². The van der Waals surface area contributed by atoms with Crippen LogP contribution in [0.2, 0.25) is 0 Å². The maximum atomic E-state index is 12.4. The van der Waals surface area contributed by atoms with Gasteiger partial charge in [-0.25, -0.2) is 0 Å². The minimum Gasteiger partial charge on any atom is -0.457 e. The van der Waals surface area contributed by atoms with Crippen LogP contribution < -0.4 is 9.47 Å². The van der Waals surface area contributed by atoms with Crippen LogP contribution in [0.3, 0.4) is 0 Å². The molecule has 0 aliphatic carbocycles. The summed E-state index contributed by atoms with van der Waals surface area (Å²) in [5.74, 6) is -0.459. The van der Waals surface area contributed by atoms with Crippen molar-refractivity contribution >= 4 is 17.7 Å². The number of ketones is 1. The van der Waals surface area contributed by atoms with Gasteiger partial charge in [0.15, 0.2) is 23.9 Å². The van der Waals surface area contributed by atoms with Crippen molar-refractivity contribution in [2.45, 2.75) is 19.4 Å². The number of hydrogen-bond acceptors (Lipinski definition) is 6. The van der Waals surface area contributed by atoms with Gasteiger partial charge in [0.05, 0.1) is 12.0 Å². The van der Waals surface area contributed by atoms with E-state index in [1.54, 1.807) is 23.1 Å². The lowest BCUT2D eigenvalue weighted by Crippen LogP contribution is -2.30. The van der Waals surface area contributed by atoms with Gasteiger partial charge in [0.1, 0.15) is 0 Å². The average Bonchev–Trinajstić information content (AvgIpc) is 3.37. The SMILES string of the molecule is C[C@@H](c1ccccc1)N1C[C@@H](C(=O)OCC(=O)c2ccc3c(c2)OCO3)CC1=O. The quantitative estimate of drug-likeness (QED) is 0.553. The highest BCUT2D eigenvalue weighted by Crippen LogP contribution is 2.33. The third-order valence-corrected chi connectivity index (χ3v) is 5.28. The molecule has 2 aromatic carbocycles. The fraction of sp³-hybridized carbons (Fsp3) is 0.318. The Hall–Kier alpha value is -3.35. The zero-order valence-electron chi connectivity index (χ0n) is 16.0. The number of likely N-dealkylation sites (tertiary alicyclic amines) is 1. The van der Waals surface area contributed by atoms with Crippen molar-refractivity contribution in [2.24, 2.45) is 5.92 Å². The first-order valence-corrected chi connectivity index (χ1v) is 9.47. The normalized spacial score (nSPS) is 18.6. The average molecular weight is 395 g/mol. The lowest BCUT2D eigenvalue weighted by molar-refractivity contribution is -0.147. The maximum Gasteiger partial charge on any atom is 0.311 e. The van der Waals surface area contributed by atoms with E-state index in [1.807, 2.05) is 37.3 Å². The molecular weight excluding hydrogens is 374 g/mol. The number of hydrogen-bond donors (Lipinski definition) is 0. The van der Waals surface area contributed by atoms with Gasteiger partial charge in [-0.3, -0.25) is 14.4 Å². The number of rotatable bonds is 6. The van der Waals surface area contributed by atoms with E-state index < -0.39 is 11.9 Å². The molecule has 2 atom stereocenters. The monoisotopic (exact) mass is 395 g/mol. The van der Waals surface area contributed by atoms with Gasteiger partial charge >= 0.3 is 5.97 Å². The van der Waals surface area contributed by atoms with E-state index in [2.05, 4.69) is 0 Å². The standard InChI is InChI=1S/C22H21NO6/c1-14(15-5-3-2-4-6-15)23-11-17(10-21(23)25)22(26)27-12-18(24)16-7-8-19-20(9-16)29-13-28-19/h2-9,14,17H,10-13H2,1H3/t14-,17-/m0/s1. The second-order valence-electron chi connectivity index (χ2n) is 7.13. The molecule has 2 heterocycles. The molecule has 2 aromatic rings. The van der Waals surface area contributed by atoms with Crippen molar-refractivity contribution < 1.29 is 28.6 Å². The Morgan fingerprint density at radius 1 is 1.14 bits per heavy atom. The van der Waals surface area contributed by atoms with Crippen molar-refractivity contribution in [1.29, 1.82) is 0 Å². The molecule has 29 heavy (non-hydrogen) atoms. The first-order valence-electron chi connectivity index (χ1n) is 9.47. The molecule has 1 amide bonds. The van der Waals surface area contributed by atoms with Crippen LogP contribution in [0, 0.1) is 5.92 Å². The first-order chi connectivity index (χ1) is 14.0. The molecule has 0 radical (unpaired) electrons. The minimum absolute atomic E-state index is 0.0915. The molecule has 7 nitrogen and oxygen atoms in total. The number of nitrogens with zero attached hydrogens (tertiary/aromatic N) is 1. The van der Waals surface area contributed by atoms with Crippen LogP contribution >= 0.6 is 0 Å². The Morgan fingerprint density at radius 3 is 2.69 bits per heavy atom. The number of carbonyl (C=O) groups is 3. The molecule has 1 saturated heterocycles. The summed E-state index contributed by atoms with van der Waals surface area (Å²) in [4.78, 5) is 38.8. The molecule has 7 heteroatoms. The number of ether oxygens (including phenoxy) is 3. The van der Waals surface area contributed by atoms with Crippen molar-refractivity contribution in [1.82, 2.24) is 4.90 Å². The second-order valence-corrected chi connectivity index (χ2v) is 7.13. The van der Waals surface area contributed by atoms with Crippen molar-refractivity contribution in [3.8, 4) is 11.5 Å². The van der Waals surface area contributed by atoms with Crippen molar-refractivity contribution in [2.75, 3.05) is 19.9 Å². The summed E-state index contributed by atoms with van der Waals surface area (Å²) in [5, 5.41) is 0. The van der Waals surface area contributed by atoms with Crippen molar-refractivity contribution in [3.63, 3.8) is 0 Å². The molecular formula is C22H21NO6. The molecule has 4 rings (SSSR count). The van der Waals surface area contributed by atoms with Gasteiger partial charge < -0.3 is 19.1 Å². The van der Waals surface area contributed by atoms with Crippen LogP contribution in [0.4, 0.5) is 0 Å². The molecule has 150 valence electrons. The minimum atomic E-state index is -0.571. The van der Waals surface area contributed by atoms with E-state index in [4.69, 9.17) is 14.2 Å². The van der Waals surface area contributed by atoms with E-state index in [1.165, 1.54) is 0 Å². The summed E-state index contributed by atoms with van der Waals surface area (Å²) in [6.45, 7) is 1.96. The van der Waals surface area contributed by atoms with E-state index in [0.29, 0.717) is 17.1 Å². The summed E-state index contributed by atoms with van der Waals surface area (Å²) in [5.41, 5.74) is 1.39. The van der Waals surface area contributed by atoms with Gasteiger partial charge in [0, 0.05) is 18.5 Å². The Balaban J connectivity index is 1.33. The zero-order valence-corrected chi connectivity index (χ0v) is 16.0. The highest BCUT2D eigenvalue weighted by molar-refractivity contribution is 5.99. The number of esters is 1. The van der Waals surface area contributed by atoms with E-state index in [0.717, 1.165) is 5.56 Å². The number of amides is 1. The Bertz CT molecular complexity index is 942. The molecule has 0 saturated carbocycles. The Kier molecular flexibility index (Phi) is 5.20. The number of fused-ring (bicyclic) bond motifs is 1. The predicted octanol–water partition coefficient (Wildman–Crippen LogP) is 2.75. The molecule has 2 aliphatic heterocycles. The fourth-order valence-corrected chi connectivity index (χ4v) is 3.58. The van der Waals surface area contributed by atoms with Crippen LogP contribution in [-0.4, -0.2) is 42.5 Å². The lowest BCUT2D eigenvalue weighted by Gasteiger charge is -2.25. The van der Waals surface area contributed by atoms with Gasteiger partial charge in [-0.1, -0.05) is 30.3 Å². The third kappa shape index (κ3) is 3.94. The summed E-state index contributed by atoms with van der Waals surface area (Å²) in [6.07, 6.45) is 0.0915. The zero-order chi connectivity index (χ0) is 20.4. The maximum absolute atomic E-state index is 12.4. The van der Waals surface area contributed by atoms with E-state index >= 15 is 0 Å². The van der Waals surface area contributed by atoms with Gasteiger partial charge in [0.25, 0.3) is 0 Å². The summed E-state index contributed by atoms with van der Waals surface area (Å²) >= 11 is 0. The van der Waals surface area contributed by atoms with Crippen LogP contribution in [0.25, 0.3) is 0 Å². The van der Waals surface area contributed by atoms with E-state index in [9.17, 15) is 14.4 Å². The lowest BCUT2D eigenvalue weighted by atomic mass is 10.1. The highest BCUT2D eigenvalue weighted by Gasteiger charge is 2.38. The highest BCUT2D eigenvalue weighted by atomic mass is 16.7. The van der Waals surface area contributed by atoms with Gasteiger partial charge in [-0.15, -0.1) is 0 Å². The Morgan fingerprint density at radius 2 is 1.90 bits per heavy atom. The summed E-state index contributed by atoms with van der Waals surface area (Å²) in [7, 11) is 0. The first kappa shape index (κ1) is 19.0. The third-order valence-electron chi connectivity index (χ3n) is 5.28. The summed E-state index contributed by atoms with van der Waals surface area (Å²) in [6, 6.07) is 14.3. The number of Topliss-reactive ketones (excluding diaryl/α,β-unsaturated/α-hetero) is 1. The van der Waals surface area contributed by atoms with E-state index in [-0.39, 0.29) is 44.1 Å². The molecule has 0 bridgehead atoms. The van der Waals surface area contributed by atoms with Gasteiger partial charge in [0.2, 0.25) is 12.7 Å². The molecule has 0 N–H and O–H groups in total. The summed E-state index contributed by atoms with van der Waals surface area (Å²) < 4.78 is 15.7. The fourth-order valence-electron chi connectivity index (χ4n) is 3.58. The van der Waals surface area contributed by atoms with Crippen molar-refractivity contribution in [3.05, 3.63) is 59.7 Å². The topological polar surface area (TPSA) is 82.1 Å². The Labute approximate surface area is 168 Å². The smallest absolute Gasteiger partial charge is 0.311 e. The largest absolute Gasteiger partial charge is 0.457 e. The van der Waals surface area contributed by atoms with Crippen LogP contribution in [0.15, 0.2) is 48.5 Å². The molecule has 0 unspecified atom stereocenters. The number of benzene rings is 2. The number of carbonyl (C=O) groups excluding carboxylic acids is 3. The predicted molar refractivity (Wildman–Crippen MR) is 103 cm³/mol. The van der Waals surface area contributed by atoms with Crippen LogP contribution in [0.1, 0.15) is 35.3 Å². The molecule has 2 aliphatic rings.